The Labute approximate surface area is 162 Å². The molecule has 8 heteroatoms. The monoisotopic (exact) mass is 386 g/mol. The Morgan fingerprint density at radius 2 is 1.50 bits per heavy atom. The van der Waals surface area contributed by atoms with E-state index in [9.17, 15) is 19.2 Å². The van der Waals surface area contributed by atoms with Gasteiger partial charge >= 0.3 is 11.9 Å². The summed E-state index contributed by atoms with van der Waals surface area (Å²) in [5, 5.41) is 4.07. The molecule has 2 atom stereocenters. The van der Waals surface area contributed by atoms with Gasteiger partial charge < -0.3 is 20.5 Å². The van der Waals surface area contributed by atoms with Crippen LogP contribution < -0.4 is 11.1 Å². The van der Waals surface area contributed by atoms with Gasteiger partial charge in [0.2, 0.25) is 5.91 Å². The minimum absolute atomic E-state index is 0.337. The minimum atomic E-state index is -1.42. The van der Waals surface area contributed by atoms with Crippen LogP contribution in [0.5, 0.6) is 0 Å². The molecule has 0 aromatic heterocycles. The molecule has 0 aliphatic rings. The Hall–Kier alpha value is -3.42. The first-order valence-electron chi connectivity index (χ1n) is 8.55. The zero-order valence-electron chi connectivity index (χ0n) is 15.8. The molecular weight excluding hydrogens is 364 g/mol. The molecule has 28 heavy (non-hydrogen) atoms. The van der Waals surface area contributed by atoms with E-state index >= 15 is 0 Å². The lowest BCUT2D eigenvalue weighted by atomic mass is 9.86. The lowest BCUT2D eigenvalue weighted by Gasteiger charge is -2.26. The summed E-state index contributed by atoms with van der Waals surface area (Å²) in [6.45, 7) is 1.44. The summed E-state index contributed by atoms with van der Waals surface area (Å²) in [6.07, 6.45) is 0. The highest BCUT2D eigenvalue weighted by atomic mass is 16.5. The number of methoxy groups -OCH3 is 2. The van der Waals surface area contributed by atoms with Crippen molar-refractivity contribution in [1.82, 2.24) is 5.32 Å². The first-order valence-corrected chi connectivity index (χ1v) is 8.55. The van der Waals surface area contributed by atoms with Crippen molar-refractivity contribution in [3.63, 3.8) is 0 Å². The molecule has 0 fully saturated rings. The van der Waals surface area contributed by atoms with Crippen molar-refractivity contribution < 1.29 is 28.7 Å². The number of fused-ring (bicyclic) bond motifs is 1. The Balaban J connectivity index is 2.35. The molecule has 0 saturated carbocycles. The fourth-order valence-electron chi connectivity index (χ4n) is 3.08. The number of primary amides is 1. The van der Waals surface area contributed by atoms with E-state index in [0.717, 1.165) is 19.6 Å². The van der Waals surface area contributed by atoms with E-state index in [1.807, 2.05) is 18.2 Å². The van der Waals surface area contributed by atoms with Gasteiger partial charge in [-0.15, -0.1) is 0 Å². The fraction of sp³-hybridized carbons (Fsp3) is 0.300. The fourth-order valence-corrected chi connectivity index (χ4v) is 3.08. The van der Waals surface area contributed by atoms with Gasteiger partial charge in [-0.1, -0.05) is 43.3 Å². The molecule has 0 spiro atoms. The first kappa shape index (κ1) is 20.9. The second-order valence-electron chi connectivity index (χ2n) is 6.26. The van der Waals surface area contributed by atoms with E-state index in [0.29, 0.717) is 10.9 Å². The zero-order chi connectivity index (χ0) is 20.8. The Bertz CT molecular complexity index is 889. The average Bonchev–Trinajstić information content (AvgIpc) is 2.70. The van der Waals surface area contributed by atoms with E-state index in [1.165, 1.54) is 6.92 Å². The van der Waals surface area contributed by atoms with E-state index in [4.69, 9.17) is 5.73 Å². The third kappa shape index (κ3) is 4.28. The molecule has 2 rings (SSSR count). The summed E-state index contributed by atoms with van der Waals surface area (Å²) >= 11 is 0. The van der Waals surface area contributed by atoms with Gasteiger partial charge in [0.05, 0.1) is 14.2 Å². The predicted octanol–water partition coefficient (Wildman–Crippen LogP) is 1.02. The SMILES string of the molecule is COC(=O)C(C(=O)OC)[C@H](C)[C@@H](NC(=O)c1cccc2ccccc12)C(N)=O. The third-order valence-electron chi connectivity index (χ3n) is 4.59. The standard InChI is InChI=1S/C20H22N2O6/c1-11(15(19(25)27-2)20(26)28-3)16(17(21)23)22-18(24)14-10-6-8-12-7-4-5-9-13(12)14/h4-11,15-16H,1-3H3,(H2,21,23)(H,22,24)/t11-,16+/m0/s1. The molecule has 3 N–H and O–H groups in total. The lowest BCUT2D eigenvalue weighted by molar-refractivity contribution is -0.161. The largest absolute Gasteiger partial charge is 0.468 e. The molecule has 0 aliphatic carbocycles. The lowest BCUT2D eigenvalue weighted by Crippen LogP contribution is -2.52. The van der Waals surface area contributed by atoms with Crippen LogP contribution in [0.4, 0.5) is 0 Å². The van der Waals surface area contributed by atoms with Crippen LogP contribution in [-0.4, -0.2) is 44.0 Å². The van der Waals surface area contributed by atoms with E-state index < -0.39 is 41.6 Å². The van der Waals surface area contributed by atoms with Crippen molar-refractivity contribution in [3.8, 4) is 0 Å². The molecule has 0 aliphatic heterocycles. The van der Waals surface area contributed by atoms with Crippen LogP contribution in [0.1, 0.15) is 17.3 Å². The van der Waals surface area contributed by atoms with Gasteiger partial charge in [0.15, 0.2) is 5.92 Å². The Morgan fingerprint density at radius 3 is 2.07 bits per heavy atom. The van der Waals surface area contributed by atoms with Crippen molar-refractivity contribution in [2.45, 2.75) is 13.0 Å². The first-order chi connectivity index (χ1) is 13.3. The van der Waals surface area contributed by atoms with Crippen LogP contribution in [0.15, 0.2) is 42.5 Å². The summed E-state index contributed by atoms with van der Waals surface area (Å²) in [5.74, 6) is -5.62. The third-order valence-corrected chi connectivity index (χ3v) is 4.59. The van der Waals surface area contributed by atoms with Gasteiger partial charge in [0, 0.05) is 11.5 Å². The summed E-state index contributed by atoms with van der Waals surface area (Å²) in [4.78, 5) is 48.9. The summed E-state index contributed by atoms with van der Waals surface area (Å²) in [6, 6.07) is 11.1. The minimum Gasteiger partial charge on any atom is -0.468 e. The van der Waals surface area contributed by atoms with Gasteiger partial charge in [-0.05, 0) is 16.8 Å². The normalized spacial score (nSPS) is 12.9. The van der Waals surface area contributed by atoms with E-state index in [1.54, 1.807) is 24.3 Å². The molecule has 2 amide bonds. The highest BCUT2D eigenvalue weighted by Crippen LogP contribution is 2.22. The maximum atomic E-state index is 12.8. The maximum absolute atomic E-state index is 12.8. The number of rotatable bonds is 7. The Morgan fingerprint density at radius 1 is 0.929 bits per heavy atom. The highest BCUT2D eigenvalue weighted by molar-refractivity contribution is 6.08. The number of esters is 2. The number of amides is 2. The van der Waals surface area contributed by atoms with E-state index in [2.05, 4.69) is 14.8 Å². The van der Waals surface area contributed by atoms with Crippen LogP contribution in [0.3, 0.4) is 0 Å². The van der Waals surface area contributed by atoms with E-state index in [-0.39, 0.29) is 0 Å². The van der Waals surface area contributed by atoms with Crippen molar-refractivity contribution >= 4 is 34.5 Å². The van der Waals surface area contributed by atoms with Crippen LogP contribution >= 0.6 is 0 Å². The molecular formula is C20H22N2O6. The smallest absolute Gasteiger partial charge is 0.320 e. The van der Waals surface area contributed by atoms with Gasteiger partial charge in [-0.25, -0.2) is 0 Å². The van der Waals surface area contributed by atoms with Crippen LogP contribution in [0.2, 0.25) is 0 Å². The Kier molecular flexibility index (Phi) is 6.70. The quantitative estimate of drug-likeness (QED) is 0.541. The molecule has 0 saturated heterocycles. The van der Waals surface area contributed by atoms with Crippen molar-refractivity contribution in [1.29, 1.82) is 0 Å². The number of carbonyl (C=O) groups is 4. The van der Waals surface area contributed by atoms with Crippen molar-refractivity contribution in [2.75, 3.05) is 14.2 Å². The number of benzene rings is 2. The van der Waals surface area contributed by atoms with Gasteiger partial charge in [0.1, 0.15) is 6.04 Å². The molecule has 2 aromatic rings. The molecule has 0 unspecified atom stereocenters. The van der Waals surface area contributed by atoms with Gasteiger partial charge in [0.25, 0.3) is 5.91 Å². The number of hydrogen-bond donors (Lipinski definition) is 2. The molecule has 0 radical (unpaired) electrons. The van der Waals surface area contributed by atoms with Crippen molar-refractivity contribution in [3.05, 3.63) is 48.0 Å². The van der Waals surface area contributed by atoms with Crippen LogP contribution in [0.25, 0.3) is 10.8 Å². The molecule has 148 valence electrons. The predicted molar refractivity (Wildman–Crippen MR) is 101 cm³/mol. The molecule has 2 aromatic carbocycles. The highest BCUT2D eigenvalue weighted by Gasteiger charge is 2.41. The van der Waals surface area contributed by atoms with Crippen LogP contribution in [0, 0.1) is 11.8 Å². The average molecular weight is 386 g/mol. The second-order valence-corrected chi connectivity index (χ2v) is 6.26. The summed E-state index contributed by atoms with van der Waals surface area (Å²) < 4.78 is 9.26. The number of nitrogens with two attached hydrogens (primary N) is 1. The molecule has 0 bridgehead atoms. The second kappa shape index (κ2) is 8.98. The van der Waals surface area contributed by atoms with Crippen molar-refractivity contribution in [2.24, 2.45) is 17.6 Å². The number of ether oxygens (including phenoxy) is 2. The summed E-state index contributed by atoms with van der Waals surface area (Å²) in [5.41, 5.74) is 5.78. The van der Waals surface area contributed by atoms with Gasteiger partial charge in [-0.3, -0.25) is 19.2 Å². The van der Waals surface area contributed by atoms with Gasteiger partial charge in [-0.2, -0.15) is 0 Å². The molecule has 8 nitrogen and oxygen atoms in total. The zero-order valence-corrected chi connectivity index (χ0v) is 15.8. The maximum Gasteiger partial charge on any atom is 0.320 e. The number of carbonyl (C=O) groups excluding carboxylic acids is 4. The summed E-state index contributed by atoms with van der Waals surface area (Å²) in [7, 11) is 2.22. The number of nitrogens with one attached hydrogen (secondary N) is 1. The topological polar surface area (TPSA) is 125 Å². The van der Waals surface area contributed by atoms with Crippen LogP contribution in [-0.2, 0) is 23.9 Å². The molecule has 0 heterocycles. The number of hydrogen-bond acceptors (Lipinski definition) is 6.